The topological polar surface area (TPSA) is 52.6 Å². The Morgan fingerprint density at radius 2 is 2.10 bits per heavy atom. The molecule has 0 spiro atoms. The zero-order valence-corrected chi connectivity index (χ0v) is 12.6. The quantitative estimate of drug-likeness (QED) is 0.876. The lowest BCUT2D eigenvalue weighted by atomic mass is 9.96. The first-order valence-corrected chi connectivity index (χ1v) is 7.47. The van der Waals surface area contributed by atoms with E-state index in [9.17, 15) is 9.18 Å². The highest BCUT2D eigenvalue weighted by Crippen LogP contribution is 2.26. The number of anilines is 1. The molecule has 1 aromatic carbocycles. The molecular formula is C16H23FN2O2. The third-order valence-electron chi connectivity index (χ3n) is 3.91. The number of nitrogens with one attached hydrogen (secondary N) is 1. The van der Waals surface area contributed by atoms with Crippen LogP contribution in [0.5, 0.6) is 0 Å². The van der Waals surface area contributed by atoms with E-state index in [0.29, 0.717) is 44.2 Å². The van der Waals surface area contributed by atoms with Crippen molar-refractivity contribution in [3.05, 3.63) is 29.6 Å². The molecule has 0 aliphatic carbocycles. The first-order chi connectivity index (χ1) is 9.97. The Kier molecular flexibility index (Phi) is 5.17. The van der Waals surface area contributed by atoms with E-state index in [2.05, 4.69) is 19.2 Å². The van der Waals surface area contributed by atoms with Crippen molar-refractivity contribution in [3.8, 4) is 0 Å². The molecule has 1 fully saturated rings. The molecule has 2 N–H and O–H groups in total. The summed E-state index contributed by atoms with van der Waals surface area (Å²) >= 11 is 0. The van der Waals surface area contributed by atoms with Crippen LogP contribution >= 0.6 is 0 Å². The number of carboxylic acids is 1. The Balaban J connectivity index is 2.05. The molecule has 0 saturated carbocycles. The smallest absolute Gasteiger partial charge is 0.306 e. The number of nitrogens with zero attached hydrogens (tertiary/aromatic N) is 1. The summed E-state index contributed by atoms with van der Waals surface area (Å²) in [5, 5.41) is 12.3. The number of carboxylic acid groups (broad SMARTS) is 1. The van der Waals surface area contributed by atoms with Gasteiger partial charge in [-0.05, 0) is 30.5 Å². The lowest BCUT2D eigenvalue weighted by Crippen LogP contribution is -2.36. The zero-order chi connectivity index (χ0) is 15.4. The van der Waals surface area contributed by atoms with Crippen LogP contribution in [0.15, 0.2) is 18.2 Å². The van der Waals surface area contributed by atoms with E-state index in [1.165, 1.54) is 6.07 Å². The highest BCUT2D eigenvalue weighted by atomic mass is 19.1. The molecule has 1 saturated heterocycles. The molecule has 2 rings (SSSR count). The van der Waals surface area contributed by atoms with E-state index in [0.717, 1.165) is 5.56 Å². The van der Waals surface area contributed by atoms with Crippen molar-refractivity contribution in [1.82, 2.24) is 5.32 Å². The fourth-order valence-electron chi connectivity index (χ4n) is 2.60. The van der Waals surface area contributed by atoms with Gasteiger partial charge in [-0.25, -0.2) is 4.39 Å². The van der Waals surface area contributed by atoms with Crippen molar-refractivity contribution in [1.29, 1.82) is 0 Å². The molecule has 21 heavy (non-hydrogen) atoms. The maximum atomic E-state index is 14.0. The fraction of sp³-hybridized carbons (Fsp3) is 0.562. The van der Waals surface area contributed by atoms with Crippen LogP contribution in [0.1, 0.15) is 32.3 Å². The second-order valence-corrected chi connectivity index (χ2v) is 5.92. The predicted molar refractivity (Wildman–Crippen MR) is 80.9 cm³/mol. The summed E-state index contributed by atoms with van der Waals surface area (Å²) in [6, 6.07) is 5.53. The number of aliphatic carboxylic acids is 1. The number of rotatable bonds is 5. The molecule has 0 bridgehead atoms. The van der Waals surface area contributed by atoms with E-state index < -0.39 is 5.97 Å². The lowest BCUT2D eigenvalue weighted by molar-refractivity contribution is -0.142. The van der Waals surface area contributed by atoms with Crippen molar-refractivity contribution in [2.75, 3.05) is 18.0 Å². The van der Waals surface area contributed by atoms with Gasteiger partial charge in [0.15, 0.2) is 0 Å². The minimum absolute atomic E-state index is 0.239. The second kappa shape index (κ2) is 6.89. The number of piperidine rings is 1. The molecule has 0 aromatic heterocycles. The Bertz CT molecular complexity index is 497. The molecule has 1 heterocycles. The Hall–Kier alpha value is -1.62. The Labute approximate surface area is 125 Å². The summed E-state index contributed by atoms with van der Waals surface area (Å²) in [4.78, 5) is 12.9. The van der Waals surface area contributed by atoms with Crippen LogP contribution < -0.4 is 10.2 Å². The van der Waals surface area contributed by atoms with E-state index >= 15 is 0 Å². The van der Waals surface area contributed by atoms with Gasteiger partial charge in [-0.2, -0.15) is 0 Å². The molecule has 5 heteroatoms. The van der Waals surface area contributed by atoms with Crippen LogP contribution in [0.2, 0.25) is 0 Å². The summed E-state index contributed by atoms with van der Waals surface area (Å²) in [5.74, 6) is -1.28. The molecule has 1 aliphatic rings. The SMILES string of the molecule is CC(C)NCc1ccc(F)c(N2CCC(C(=O)O)CC2)c1. The van der Waals surface area contributed by atoms with E-state index in [-0.39, 0.29) is 11.7 Å². The van der Waals surface area contributed by atoms with Crippen LogP contribution in [0, 0.1) is 11.7 Å². The molecule has 0 radical (unpaired) electrons. The molecule has 1 aliphatic heterocycles. The number of hydrogen-bond donors (Lipinski definition) is 2. The van der Waals surface area contributed by atoms with Crippen LogP contribution in [0.25, 0.3) is 0 Å². The summed E-state index contributed by atoms with van der Waals surface area (Å²) < 4.78 is 14.0. The minimum atomic E-state index is -0.745. The standard InChI is InChI=1S/C16H23FN2O2/c1-11(2)18-10-12-3-4-14(17)15(9-12)19-7-5-13(6-8-19)16(20)21/h3-4,9,11,13,18H,5-8,10H2,1-2H3,(H,20,21). The van der Waals surface area contributed by atoms with Crippen LogP contribution in [-0.2, 0) is 11.3 Å². The van der Waals surface area contributed by atoms with E-state index in [4.69, 9.17) is 5.11 Å². The summed E-state index contributed by atoms with van der Waals surface area (Å²) in [5.41, 5.74) is 1.63. The highest BCUT2D eigenvalue weighted by molar-refractivity contribution is 5.70. The minimum Gasteiger partial charge on any atom is -0.481 e. The number of halogens is 1. The van der Waals surface area contributed by atoms with Crippen molar-refractivity contribution in [2.45, 2.75) is 39.3 Å². The van der Waals surface area contributed by atoms with Gasteiger partial charge in [-0.1, -0.05) is 19.9 Å². The van der Waals surface area contributed by atoms with Gasteiger partial charge < -0.3 is 15.3 Å². The molecular weight excluding hydrogens is 271 g/mol. The van der Waals surface area contributed by atoms with E-state index in [1.54, 1.807) is 6.07 Å². The third kappa shape index (κ3) is 4.17. The zero-order valence-electron chi connectivity index (χ0n) is 12.6. The molecule has 116 valence electrons. The third-order valence-corrected chi connectivity index (χ3v) is 3.91. The average molecular weight is 294 g/mol. The highest BCUT2D eigenvalue weighted by Gasteiger charge is 2.25. The van der Waals surface area contributed by atoms with Gasteiger partial charge in [0.25, 0.3) is 0 Å². The molecule has 0 atom stereocenters. The van der Waals surface area contributed by atoms with Gasteiger partial charge in [-0.3, -0.25) is 4.79 Å². The van der Waals surface area contributed by atoms with Crippen molar-refractivity contribution < 1.29 is 14.3 Å². The number of benzene rings is 1. The fourth-order valence-corrected chi connectivity index (χ4v) is 2.60. The van der Waals surface area contributed by atoms with Gasteiger partial charge in [0.2, 0.25) is 0 Å². The summed E-state index contributed by atoms with van der Waals surface area (Å²) in [6.45, 7) is 6.03. The lowest BCUT2D eigenvalue weighted by Gasteiger charge is -2.32. The maximum absolute atomic E-state index is 14.0. The van der Waals surface area contributed by atoms with Crippen molar-refractivity contribution in [2.24, 2.45) is 5.92 Å². The van der Waals surface area contributed by atoms with Crippen LogP contribution in [0.3, 0.4) is 0 Å². The number of hydrogen-bond acceptors (Lipinski definition) is 3. The van der Waals surface area contributed by atoms with Gasteiger partial charge in [-0.15, -0.1) is 0 Å². The van der Waals surface area contributed by atoms with Gasteiger partial charge >= 0.3 is 5.97 Å². The average Bonchev–Trinajstić information content (AvgIpc) is 2.46. The van der Waals surface area contributed by atoms with Crippen LogP contribution in [-0.4, -0.2) is 30.2 Å². The summed E-state index contributed by atoms with van der Waals surface area (Å²) in [6.07, 6.45) is 1.15. The number of carbonyl (C=O) groups is 1. The van der Waals surface area contributed by atoms with Crippen molar-refractivity contribution in [3.63, 3.8) is 0 Å². The van der Waals surface area contributed by atoms with Crippen molar-refractivity contribution >= 4 is 11.7 Å². The first-order valence-electron chi connectivity index (χ1n) is 7.47. The Morgan fingerprint density at radius 3 is 2.67 bits per heavy atom. The normalized spacial score (nSPS) is 16.5. The Morgan fingerprint density at radius 1 is 1.43 bits per heavy atom. The predicted octanol–water partition coefficient (Wildman–Crippen LogP) is 2.62. The molecule has 0 unspecified atom stereocenters. The maximum Gasteiger partial charge on any atom is 0.306 e. The molecule has 4 nitrogen and oxygen atoms in total. The van der Waals surface area contributed by atoms with Crippen LogP contribution in [0.4, 0.5) is 10.1 Å². The largest absolute Gasteiger partial charge is 0.481 e. The summed E-state index contributed by atoms with van der Waals surface area (Å²) in [7, 11) is 0. The van der Waals surface area contributed by atoms with Gasteiger partial charge in [0.05, 0.1) is 11.6 Å². The van der Waals surface area contributed by atoms with E-state index in [1.807, 2.05) is 11.0 Å². The van der Waals surface area contributed by atoms with Gasteiger partial charge in [0.1, 0.15) is 5.82 Å². The monoisotopic (exact) mass is 294 g/mol. The van der Waals surface area contributed by atoms with Gasteiger partial charge in [0, 0.05) is 25.7 Å². The molecule has 1 aromatic rings. The molecule has 0 amide bonds. The second-order valence-electron chi connectivity index (χ2n) is 5.92. The first kappa shape index (κ1) is 15.8.